The standard InChI is InChI=1S/C26H21NO7/c1-14-2-8-19(29)18(12-14)27-23(15-3-6-17(28)7-4-15)22(25(31)26(27)32)24(30)16-5-9-20-21(13-16)34-11-10-33-20/h2-9,12-13,23,28-30H,10-11H2,1H3/b24-22-. The van der Waals surface area contributed by atoms with Crippen LogP contribution in [0.5, 0.6) is 23.0 Å². The SMILES string of the molecule is Cc1ccc(O)c(N2C(=O)C(=O)/C(=C(\O)c3ccc4c(c3)OCCO4)C2c2ccc(O)cc2)c1. The lowest BCUT2D eigenvalue weighted by Crippen LogP contribution is -2.29. The number of nitrogens with zero attached hydrogens (tertiary/aromatic N) is 1. The number of anilines is 1. The van der Waals surface area contributed by atoms with Crippen molar-refractivity contribution >= 4 is 23.1 Å². The number of aliphatic hydroxyl groups excluding tert-OH is 1. The van der Waals surface area contributed by atoms with Gasteiger partial charge in [-0.3, -0.25) is 14.5 Å². The van der Waals surface area contributed by atoms with E-state index < -0.39 is 17.7 Å². The van der Waals surface area contributed by atoms with Gasteiger partial charge in [-0.2, -0.15) is 0 Å². The number of benzene rings is 3. The lowest BCUT2D eigenvalue weighted by atomic mass is 9.94. The average molecular weight is 459 g/mol. The minimum absolute atomic E-state index is 0.00550. The first-order valence-corrected chi connectivity index (χ1v) is 10.6. The van der Waals surface area contributed by atoms with Crippen molar-refractivity contribution in [3.05, 3.63) is 82.9 Å². The van der Waals surface area contributed by atoms with Crippen molar-refractivity contribution in [1.29, 1.82) is 0 Å². The van der Waals surface area contributed by atoms with Gasteiger partial charge in [0, 0.05) is 5.56 Å². The summed E-state index contributed by atoms with van der Waals surface area (Å²) in [6.45, 7) is 2.55. The molecule has 0 spiro atoms. The Hall–Kier alpha value is -4.46. The number of amides is 1. The zero-order chi connectivity index (χ0) is 24.0. The molecule has 5 rings (SSSR count). The van der Waals surface area contributed by atoms with E-state index in [1.165, 1.54) is 23.1 Å². The minimum atomic E-state index is -1.04. The molecular formula is C26H21NO7. The lowest BCUT2D eigenvalue weighted by Gasteiger charge is -2.26. The van der Waals surface area contributed by atoms with Crippen LogP contribution < -0.4 is 14.4 Å². The van der Waals surface area contributed by atoms with E-state index in [2.05, 4.69) is 0 Å². The molecule has 8 nitrogen and oxygen atoms in total. The Labute approximate surface area is 194 Å². The highest BCUT2D eigenvalue weighted by Gasteiger charge is 2.47. The smallest absolute Gasteiger partial charge is 0.300 e. The maximum Gasteiger partial charge on any atom is 0.300 e. The number of Topliss-reactive ketones (excluding diaryl/α,β-unsaturated/α-hetero) is 1. The average Bonchev–Trinajstić information content (AvgIpc) is 3.10. The van der Waals surface area contributed by atoms with Gasteiger partial charge in [0.05, 0.1) is 17.3 Å². The Morgan fingerprint density at radius 2 is 1.62 bits per heavy atom. The van der Waals surface area contributed by atoms with Gasteiger partial charge in [-0.05, 0) is 60.5 Å². The molecule has 0 saturated carbocycles. The van der Waals surface area contributed by atoms with Crippen LogP contribution in [-0.2, 0) is 9.59 Å². The van der Waals surface area contributed by atoms with E-state index in [-0.39, 0.29) is 34.1 Å². The molecule has 0 radical (unpaired) electrons. The number of ether oxygens (including phenoxy) is 2. The molecule has 1 unspecified atom stereocenters. The number of hydrogen-bond acceptors (Lipinski definition) is 7. The second-order valence-corrected chi connectivity index (χ2v) is 8.11. The van der Waals surface area contributed by atoms with E-state index in [0.29, 0.717) is 30.3 Å². The van der Waals surface area contributed by atoms with Crippen molar-refractivity contribution in [2.75, 3.05) is 18.1 Å². The number of fused-ring (bicyclic) bond motifs is 1. The molecular weight excluding hydrogens is 438 g/mol. The van der Waals surface area contributed by atoms with Crippen molar-refractivity contribution in [2.24, 2.45) is 0 Å². The summed E-state index contributed by atoms with van der Waals surface area (Å²) in [5.41, 5.74) is 1.51. The third kappa shape index (κ3) is 3.49. The van der Waals surface area contributed by atoms with E-state index in [4.69, 9.17) is 9.47 Å². The number of aliphatic hydroxyl groups is 1. The molecule has 3 aromatic rings. The van der Waals surface area contributed by atoms with Crippen molar-refractivity contribution in [3.8, 4) is 23.0 Å². The van der Waals surface area contributed by atoms with E-state index in [1.54, 1.807) is 49.4 Å². The lowest BCUT2D eigenvalue weighted by molar-refractivity contribution is -0.132. The molecule has 1 amide bonds. The highest BCUT2D eigenvalue weighted by Crippen LogP contribution is 2.45. The molecule has 1 fully saturated rings. The summed E-state index contributed by atoms with van der Waals surface area (Å²) in [4.78, 5) is 27.6. The van der Waals surface area contributed by atoms with Gasteiger partial charge >= 0.3 is 0 Å². The number of hydrogen-bond donors (Lipinski definition) is 3. The minimum Gasteiger partial charge on any atom is -0.508 e. The summed E-state index contributed by atoms with van der Waals surface area (Å²) in [6.07, 6.45) is 0. The van der Waals surface area contributed by atoms with Crippen LogP contribution in [0.2, 0.25) is 0 Å². The third-order valence-electron chi connectivity index (χ3n) is 5.86. The fourth-order valence-electron chi connectivity index (χ4n) is 4.23. The molecule has 1 saturated heterocycles. The number of carbonyl (C=O) groups excluding carboxylic acids is 2. The molecule has 34 heavy (non-hydrogen) atoms. The van der Waals surface area contributed by atoms with Gasteiger partial charge in [0.2, 0.25) is 0 Å². The first kappa shape index (κ1) is 21.4. The molecule has 2 heterocycles. The monoisotopic (exact) mass is 459 g/mol. The van der Waals surface area contributed by atoms with E-state index in [1.807, 2.05) is 0 Å². The molecule has 2 aliphatic rings. The van der Waals surface area contributed by atoms with E-state index >= 15 is 0 Å². The fraction of sp³-hybridized carbons (Fsp3) is 0.154. The van der Waals surface area contributed by atoms with Crippen LogP contribution in [0.1, 0.15) is 22.7 Å². The number of rotatable bonds is 3. The number of aromatic hydroxyl groups is 2. The highest BCUT2D eigenvalue weighted by atomic mass is 16.6. The number of ketones is 1. The quantitative estimate of drug-likeness (QED) is 0.310. The second-order valence-electron chi connectivity index (χ2n) is 8.11. The third-order valence-corrected chi connectivity index (χ3v) is 5.86. The topological polar surface area (TPSA) is 117 Å². The predicted octanol–water partition coefficient (Wildman–Crippen LogP) is 3.80. The zero-order valence-corrected chi connectivity index (χ0v) is 18.2. The van der Waals surface area contributed by atoms with E-state index in [0.717, 1.165) is 5.56 Å². The van der Waals surface area contributed by atoms with Gasteiger partial charge in [-0.25, -0.2) is 0 Å². The van der Waals surface area contributed by atoms with E-state index in [9.17, 15) is 24.9 Å². The van der Waals surface area contributed by atoms with Gasteiger partial charge in [0.1, 0.15) is 30.5 Å². The Balaban J connectivity index is 1.72. The van der Waals surface area contributed by atoms with Crippen LogP contribution in [0.4, 0.5) is 5.69 Å². The van der Waals surface area contributed by atoms with Crippen LogP contribution in [-0.4, -0.2) is 40.2 Å². The molecule has 8 heteroatoms. The summed E-state index contributed by atoms with van der Waals surface area (Å²) in [5.74, 6) is -1.42. The van der Waals surface area contributed by atoms with Gasteiger partial charge in [0.25, 0.3) is 11.7 Å². The Morgan fingerprint density at radius 3 is 2.35 bits per heavy atom. The summed E-state index contributed by atoms with van der Waals surface area (Å²) in [7, 11) is 0. The molecule has 172 valence electrons. The van der Waals surface area contributed by atoms with Gasteiger partial charge < -0.3 is 24.8 Å². The fourth-order valence-corrected chi connectivity index (χ4v) is 4.23. The molecule has 0 aromatic heterocycles. The maximum absolute atomic E-state index is 13.2. The van der Waals surface area contributed by atoms with Crippen LogP contribution in [0.15, 0.2) is 66.2 Å². The van der Waals surface area contributed by atoms with Gasteiger partial charge in [-0.1, -0.05) is 18.2 Å². The first-order chi connectivity index (χ1) is 16.3. The summed E-state index contributed by atoms with van der Waals surface area (Å²) in [5, 5.41) is 31.5. The van der Waals surface area contributed by atoms with Gasteiger partial charge in [0.15, 0.2) is 11.5 Å². The number of phenolic OH excluding ortho intramolecular Hbond substituents is 2. The van der Waals surface area contributed by atoms with Crippen LogP contribution >= 0.6 is 0 Å². The van der Waals surface area contributed by atoms with Crippen molar-refractivity contribution in [2.45, 2.75) is 13.0 Å². The first-order valence-electron chi connectivity index (χ1n) is 10.6. The normalized spacial score (nSPS) is 18.9. The molecule has 0 aliphatic carbocycles. The zero-order valence-electron chi connectivity index (χ0n) is 18.2. The molecule has 0 bridgehead atoms. The summed E-state index contributed by atoms with van der Waals surface area (Å²) >= 11 is 0. The number of carbonyl (C=O) groups is 2. The van der Waals surface area contributed by atoms with Gasteiger partial charge in [-0.15, -0.1) is 0 Å². The molecule has 2 aliphatic heterocycles. The second kappa shape index (κ2) is 8.15. The van der Waals surface area contributed by atoms with Crippen molar-refractivity contribution in [1.82, 2.24) is 0 Å². The maximum atomic E-state index is 13.2. The Bertz CT molecular complexity index is 1340. The largest absolute Gasteiger partial charge is 0.508 e. The molecule has 3 aromatic carbocycles. The molecule has 3 N–H and O–H groups in total. The highest BCUT2D eigenvalue weighted by molar-refractivity contribution is 6.52. The number of phenols is 2. The van der Waals surface area contributed by atoms with Crippen molar-refractivity contribution < 1.29 is 34.4 Å². The molecule has 1 atom stereocenters. The van der Waals surface area contributed by atoms with Crippen molar-refractivity contribution in [3.63, 3.8) is 0 Å². The Kier molecular flexibility index (Phi) is 5.13. The van der Waals surface area contributed by atoms with Crippen LogP contribution in [0.3, 0.4) is 0 Å². The number of aryl methyl sites for hydroxylation is 1. The summed E-state index contributed by atoms with van der Waals surface area (Å²) in [6, 6.07) is 14.4. The predicted molar refractivity (Wildman–Crippen MR) is 123 cm³/mol. The van der Waals surface area contributed by atoms with Crippen LogP contribution in [0, 0.1) is 6.92 Å². The van der Waals surface area contributed by atoms with Crippen LogP contribution in [0.25, 0.3) is 5.76 Å². The Morgan fingerprint density at radius 1 is 0.912 bits per heavy atom. The summed E-state index contributed by atoms with van der Waals surface area (Å²) < 4.78 is 11.1.